The van der Waals surface area contributed by atoms with E-state index in [1.165, 1.54) is 6.92 Å². The zero-order chi connectivity index (χ0) is 15.6. The molecule has 2 rings (SSSR count). The van der Waals surface area contributed by atoms with Crippen molar-refractivity contribution in [2.75, 3.05) is 6.54 Å². The fourth-order valence-corrected chi connectivity index (χ4v) is 2.16. The van der Waals surface area contributed by atoms with Crippen LogP contribution < -0.4 is 5.32 Å². The molecule has 0 bridgehead atoms. The number of aliphatic carboxylic acids is 1. The van der Waals surface area contributed by atoms with Crippen LogP contribution in [0.5, 0.6) is 0 Å². The van der Waals surface area contributed by atoms with Gasteiger partial charge >= 0.3 is 5.97 Å². The molecule has 1 aliphatic rings. The molecule has 1 aliphatic carbocycles. The molecule has 2 N–H and O–H groups in total. The van der Waals surface area contributed by atoms with Gasteiger partial charge in [0.15, 0.2) is 0 Å². The summed E-state index contributed by atoms with van der Waals surface area (Å²) in [6.07, 6.45) is 2.52. The Labute approximate surface area is 121 Å². The maximum Gasteiger partial charge on any atom is 0.308 e. The predicted octanol–water partition coefficient (Wildman–Crippen LogP) is 2.50. The van der Waals surface area contributed by atoms with E-state index >= 15 is 0 Å². The topological polar surface area (TPSA) is 66.4 Å². The summed E-state index contributed by atoms with van der Waals surface area (Å²) in [5.41, 5.74) is -0.296. The number of aryl methyl sites for hydroxylation is 1. The SMILES string of the molecule is Cc1cc(F)c(C(=O)NCC(CC2CC2)C(=O)O)cc1F. The minimum Gasteiger partial charge on any atom is -0.481 e. The first-order chi connectivity index (χ1) is 9.88. The molecular formula is C15H17F2NO3. The third-order valence-corrected chi connectivity index (χ3v) is 3.67. The minimum absolute atomic E-state index is 0.0837. The maximum atomic E-state index is 13.6. The van der Waals surface area contributed by atoms with E-state index in [1.54, 1.807) is 0 Å². The summed E-state index contributed by atoms with van der Waals surface area (Å²) in [6.45, 7) is 1.32. The van der Waals surface area contributed by atoms with E-state index in [0.29, 0.717) is 12.3 Å². The van der Waals surface area contributed by atoms with Crippen molar-refractivity contribution in [3.05, 3.63) is 34.9 Å². The summed E-state index contributed by atoms with van der Waals surface area (Å²) in [4.78, 5) is 22.9. The molecule has 1 amide bonds. The molecule has 0 spiro atoms. The van der Waals surface area contributed by atoms with Gasteiger partial charge in [0.05, 0.1) is 11.5 Å². The van der Waals surface area contributed by atoms with Gasteiger partial charge in [-0.15, -0.1) is 0 Å². The molecular weight excluding hydrogens is 280 g/mol. The molecule has 1 fully saturated rings. The number of hydrogen-bond donors (Lipinski definition) is 2. The highest BCUT2D eigenvalue weighted by atomic mass is 19.1. The minimum atomic E-state index is -0.988. The second-order valence-corrected chi connectivity index (χ2v) is 5.51. The Kier molecular flexibility index (Phi) is 4.55. The molecule has 0 aliphatic heterocycles. The number of amides is 1. The van der Waals surface area contributed by atoms with E-state index in [0.717, 1.165) is 25.0 Å². The lowest BCUT2D eigenvalue weighted by Gasteiger charge is -2.13. The summed E-state index contributed by atoms with van der Waals surface area (Å²) < 4.78 is 27.0. The Morgan fingerprint density at radius 2 is 2.00 bits per heavy atom. The van der Waals surface area contributed by atoms with Gasteiger partial charge in [0.25, 0.3) is 5.91 Å². The first kappa shape index (κ1) is 15.4. The van der Waals surface area contributed by atoms with Crippen LogP contribution in [0.1, 0.15) is 35.2 Å². The molecule has 0 saturated heterocycles. The van der Waals surface area contributed by atoms with E-state index in [2.05, 4.69) is 5.32 Å². The van der Waals surface area contributed by atoms with Gasteiger partial charge in [-0.3, -0.25) is 9.59 Å². The Balaban J connectivity index is 2.00. The zero-order valence-electron chi connectivity index (χ0n) is 11.7. The lowest BCUT2D eigenvalue weighted by atomic mass is 10.0. The van der Waals surface area contributed by atoms with Gasteiger partial charge in [-0.1, -0.05) is 12.8 Å². The van der Waals surface area contributed by atoms with E-state index in [1.807, 2.05) is 0 Å². The average Bonchev–Trinajstić information content (AvgIpc) is 3.22. The third-order valence-electron chi connectivity index (χ3n) is 3.67. The van der Waals surface area contributed by atoms with Crippen LogP contribution in [0.25, 0.3) is 0 Å². The molecule has 0 heterocycles. The first-order valence-corrected chi connectivity index (χ1v) is 6.85. The van der Waals surface area contributed by atoms with Crippen molar-refractivity contribution in [2.45, 2.75) is 26.2 Å². The van der Waals surface area contributed by atoms with Crippen LogP contribution in [0.15, 0.2) is 12.1 Å². The average molecular weight is 297 g/mol. The van der Waals surface area contributed by atoms with Crippen molar-refractivity contribution in [2.24, 2.45) is 11.8 Å². The highest BCUT2D eigenvalue weighted by molar-refractivity contribution is 5.94. The third kappa shape index (κ3) is 4.00. The van der Waals surface area contributed by atoms with Gasteiger partial charge in [-0.2, -0.15) is 0 Å². The Morgan fingerprint density at radius 3 is 2.57 bits per heavy atom. The Bertz CT molecular complexity index is 570. The van der Waals surface area contributed by atoms with Crippen LogP contribution >= 0.6 is 0 Å². The molecule has 0 aromatic heterocycles. The quantitative estimate of drug-likeness (QED) is 0.848. The fraction of sp³-hybridized carbons (Fsp3) is 0.467. The van der Waals surface area contributed by atoms with E-state index in [-0.39, 0.29) is 12.1 Å². The molecule has 1 atom stereocenters. The first-order valence-electron chi connectivity index (χ1n) is 6.85. The molecule has 0 radical (unpaired) electrons. The highest BCUT2D eigenvalue weighted by Gasteiger charge is 2.29. The number of carboxylic acid groups (broad SMARTS) is 1. The van der Waals surface area contributed by atoms with Crippen molar-refractivity contribution < 1.29 is 23.5 Å². The monoisotopic (exact) mass is 297 g/mol. The van der Waals surface area contributed by atoms with Gasteiger partial charge in [0.1, 0.15) is 11.6 Å². The van der Waals surface area contributed by atoms with Gasteiger partial charge in [0, 0.05) is 6.54 Å². The van der Waals surface area contributed by atoms with E-state index in [4.69, 9.17) is 5.11 Å². The second-order valence-electron chi connectivity index (χ2n) is 5.51. The molecule has 1 saturated carbocycles. The number of rotatable bonds is 6. The molecule has 1 unspecified atom stereocenters. The van der Waals surface area contributed by atoms with Crippen LogP contribution in [0.2, 0.25) is 0 Å². The van der Waals surface area contributed by atoms with Crippen molar-refractivity contribution >= 4 is 11.9 Å². The molecule has 114 valence electrons. The largest absolute Gasteiger partial charge is 0.481 e. The summed E-state index contributed by atoms with van der Waals surface area (Å²) in [5, 5.41) is 11.5. The lowest BCUT2D eigenvalue weighted by molar-refractivity contribution is -0.141. The number of nitrogens with one attached hydrogen (secondary N) is 1. The van der Waals surface area contributed by atoms with Crippen LogP contribution in [-0.4, -0.2) is 23.5 Å². The number of carbonyl (C=O) groups excluding carboxylic acids is 1. The summed E-state index contributed by atoms with van der Waals surface area (Å²) in [7, 11) is 0. The normalized spacial score (nSPS) is 15.6. The molecule has 21 heavy (non-hydrogen) atoms. The highest BCUT2D eigenvalue weighted by Crippen LogP contribution is 2.35. The van der Waals surface area contributed by atoms with E-state index in [9.17, 15) is 18.4 Å². The van der Waals surface area contributed by atoms with Gasteiger partial charge in [-0.05, 0) is 37.0 Å². The van der Waals surface area contributed by atoms with Crippen molar-refractivity contribution in [1.82, 2.24) is 5.32 Å². The Morgan fingerprint density at radius 1 is 1.33 bits per heavy atom. The van der Waals surface area contributed by atoms with Crippen molar-refractivity contribution in [3.8, 4) is 0 Å². The smallest absolute Gasteiger partial charge is 0.308 e. The maximum absolute atomic E-state index is 13.6. The molecule has 1 aromatic carbocycles. The number of benzene rings is 1. The van der Waals surface area contributed by atoms with Crippen molar-refractivity contribution in [3.63, 3.8) is 0 Å². The Hall–Kier alpha value is -1.98. The second kappa shape index (κ2) is 6.20. The van der Waals surface area contributed by atoms with E-state index < -0.39 is 35.0 Å². The molecule has 6 heteroatoms. The number of hydrogen-bond acceptors (Lipinski definition) is 2. The number of carboxylic acids is 1. The predicted molar refractivity (Wildman–Crippen MR) is 71.9 cm³/mol. The molecule has 1 aromatic rings. The van der Waals surface area contributed by atoms with Crippen LogP contribution in [-0.2, 0) is 4.79 Å². The lowest BCUT2D eigenvalue weighted by Crippen LogP contribution is -2.33. The summed E-state index contributed by atoms with van der Waals surface area (Å²) in [6, 6.07) is 1.78. The molecule has 4 nitrogen and oxygen atoms in total. The zero-order valence-corrected chi connectivity index (χ0v) is 11.7. The van der Waals surface area contributed by atoms with Gasteiger partial charge in [0.2, 0.25) is 0 Å². The van der Waals surface area contributed by atoms with Gasteiger partial charge < -0.3 is 10.4 Å². The van der Waals surface area contributed by atoms with Crippen LogP contribution in [0.3, 0.4) is 0 Å². The van der Waals surface area contributed by atoms with Crippen LogP contribution in [0, 0.1) is 30.4 Å². The standard InChI is InChI=1S/C15H17F2NO3/c1-8-4-13(17)11(6-12(8)16)14(19)18-7-10(15(20)21)5-9-2-3-9/h4,6,9-10H,2-3,5,7H2,1H3,(H,18,19)(H,20,21). The number of carbonyl (C=O) groups is 2. The summed E-state index contributed by atoms with van der Waals surface area (Å²) >= 11 is 0. The summed E-state index contributed by atoms with van der Waals surface area (Å²) in [5.74, 6) is -3.57. The number of halogens is 2. The van der Waals surface area contributed by atoms with Crippen molar-refractivity contribution in [1.29, 1.82) is 0 Å². The fourth-order valence-electron chi connectivity index (χ4n) is 2.16. The van der Waals surface area contributed by atoms with Gasteiger partial charge in [-0.25, -0.2) is 8.78 Å². The van der Waals surface area contributed by atoms with Crippen LogP contribution in [0.4, 0.5) is 8.78 Å².